The van der Waals surface area contributed by atoms with Crippen molar-refractivity contribution in [2.45, 2.75) is 20.0 Å². The van der Waals surface area contributed by atoms with Crippen LogP contribution in [0.4, 0.5) is 0 Å². The van der Waals surface area contributed by atoms with Gasteiger partial charge in [-0.15, -0.1) is 0 Å². The lowest BCUT2D eigenvalue weighted by Crippen LogP contribution is -2.33. The van der Waals surface area contributed by atoms with Crippen LogP contribution in [0.5, 0.6) is 5.75 Å². The van der Waals surface area contributed by atoms with E-state index in [9.17, 15) is 9.59 Å². The first-order valence-electron chi connectivity index (χ1n) is 8.03. The first-order valence-corrected chi connectivity index (χ1v) is 8.03. The van der Waals surface area contributed by atoms with Gasteiger partial charge in [-0.25, -0.2) is 4.98 Å². The third-order valence-electron chi connectivity index (χ3n) is 4.02. The van der Waals surface area contributed by atoms with Gasteiger partial charge in [-0.3, -0.25) is 14.2 Å². The van der Waals surface area contributed by atoms with Crippen molar-refractivity contribution in [1.29, 1.82) is 0 Å². The van der Waals surface area contributed by atoms with Gasteiger partial charge in [0, 0.05) is 24.7 Å². The number of hydrogen-bond acceptors (Lipinski definition) is 4. The van der Waals surface area contributed by atoms with Crippen LogP contribution in [-0.2, 0) is 13.1 Å². The molecule has 6 heteroatoms. The summed E-state index contributed by atoms with van der Waals surface area (Å²) in [5.74, 6) is 0.358. The summed E-state index contributed by atoms with van der Waals surface area (Å²) < 4.78 is 6.62. The molecule has 1 N–H and O–H groups in total. The minimum Gasteiger partial charge on any atom is -0.497 e. The van der Waals surface area contributed by atoms with Crippen LogP contribution in [0.2, 0.25) is 0 Å². The van der Waals surface area contributed by atoms with Crippen molar-refractivity contribution < 1.29 is 9.53 Å². The molecule has 2 heterocycles. The maximum Gasteiger partial charge on any atom is 0.265 e. The second-order valence-corrected chi connectivity index (χ2v) is 5.55. The van der Waals surface area contributed by atoms with Crippen LogP contribution in [-0.4, -0.2) is 22.6 Å². The molecule has 6 nitrogen and oxygen atoms in total. The van der Waals surface area contributed by atoms with E-state index >= 15 is 0 Å². The molecular weight excluding hydrogens is 318 g/mol. The lowest BCUT2D eigenvalue weighted by molar-refractivity contribution is 0.0949. The zero-order valence-corrected chi connectivity index (χ0v) is 14.2. The average molecular weight is 337 g/mol. The predicted molar refractivity (Wildman–Crippen MR) is 95.8 cm³/mol. The number of carbonyl (C=O) groups is 1. The zero-order valence-electron chi connectivity index (χ0n) is 14.2. The Morgan fingerprint density at radius 3 is 2.68 bits per heavy atom. The Morgan fingerprint density at radius 2 is 2.00 bits per heavy atom. The molecule has 1 amide bonds. The molecule has 0 aliphatic carbocycles. The highest BCUT2D eigenvalue weighted by Crippen LogP contribution is 2.12. The van der Waals surface area contributed by atoms with E-state index in [1.807, 2.05) is 37.3 Å². The minimum absolute atomic E-state index is 0.121. The number of amides is 1. The maximum atomic E-state index is 12.6. The van der Waals surface area contributed by atoms with Gasteiger partial charge in [0.25, 0.3) is 11.5 Å². The van der Waals surface area contributed by atoms with E-state index in [1.54, 1.807) is 25.4 Å². The van der Waals surface area contributed by atoms with Crippen molar-refractivity contribution >= 4 is 16.9 Å². The molecule has 0 aliphatic rings. The van der Waals surface area contributed by atoms with Crippen LogP contribution < -0.4 is 15.6 Å². The van der Waals surface area contributed by atoms with Crippen molar-refractivity contribution in [3.63, 3.8) is 0 Å². The summed E-state index contributed by atoms with van der Waals surface area (Å²) in [5, 5.41) is 3.56. The van der Waals surface area contributed by atoms with Crippen LogP contribution in [0.3, 0.4) is 0 Å². The van der Waals surface area contributed by atoms with Gasteiger partial charge >= 0.3 is 0 Å². The quantitative estimate of drug-likeness (QED) is 0.776. The average Bonchev–Trinajstić information content (AvgIpc) is 2.66. The number of rotatable bonds is 5. The molecule has 0 saturated carbocycles. The zero-order chi connectivity index (χ0) is 17.8. The summed E-state index contributed by atoms with van der Waals surface area (Å²) in [6.45, 7) is 2.64. The first-order chi connectivity index (χ1) is 12.1. The van der Waals surface area contributed by atoms with Crippen molar-refractivity contribution in [3.8, 4) is 5.75 Å². The molecule has 128 valence electrons. The van der Waals surface area contributed by atoms with Crippen molar-refractivity contribution in [1.82, 2.24) is 14.9 Å². The number of aromatic nitrogens is 2. The molecule has 3 rings (SSSR count). The smallest absolute Gasteiger partial charge is 0.265 e. The fraction of sp³-hybridized carbons (Fsp3) is 0.211. The number of fused-ring (bicyclic) bond motifs is 1. The van der Waals surface area contributed by atoms with E-state index in [-0.39, 0.29) is 11.1 Å². The predicted octanol–water partition coefficient (Wildman–Crippen LogP) is 2.35. The number of aryl methyl sites for hydroxylation is 1. The molecular formula is C19H19N3O3. The number of methoxy groups -OCH3 is 1. The molecule has 1 aromatic carbocycles. The van der Waals surface area contributed by atoms with E-state index in [1.165, 1.54) is 4.57 Å². The van der Waals surface area contributed by atoms with Gasteiger partial charge in [-0.1, -0.05) is 12.1 Å². The number of nitrogens with zero attached hydrogens (tertiary/aromatic N) is 2. The second-order valence-electron chi connectivity index (χ2n) is 5.55. The molecule has 0 saturated heterocycles. The number of benzene rings is 1. The summed E-state index contributed by atoms with van der Waals surface area (Å²) in [7, 11) is 1.60. The van der Waals surface area contributed by atoms with E-state index in [4.69, 9.17) is 4.74 Å². The lowest BCUT2D eigenvalue weighted by atomic mass is 10.1. The van der Waals surface area contributed by atoms with Gasteiger partial charge in [0.2, 0.25) is 0 Å². The number of pyridine rings is 2. The Bertz CT molecular complexity index is 962. The van der Waals surface area contributed by atoms with Crippen LogP contribution in [0.25, 0.3) is 11.0 Å². The minimum atomic E-state index is -0.395. The van der Waals surface area contributed by atoms with Crippen LogP contribution in [0.15, 0.2) is 53.5 Å². The Kier molecular flexibility index (Phi) is 4.79. The van der Waals surface area contributed by atoms with Crippen LogP contribution in [0, 0.1) is 0 Å². The largest absolute Gasteiger partial charge is 0.497 e. The van der Waals surface area contributed by atoms with Crippen LogP contribution >= 0.6 is 0 Å². The molecule has 0 aliphatic heterocycles. The van der Waals surface area contributed by atoms with Gasteiger partial charge in [-0.05, 0) is 42.8 Å². The molecule has 0 radical (unpaired) electrons. The maximum absolute atomic E-state index is 12.6. The summed E-state index contributed by atoms with van der Waals surface area (Å²) >= 11 is 0. The van der Waals surface area contributed by atoms with E-state index in [2.05, 4.69) is 10.3 Å². The standard InChI is InChI=1S/C19H19N3O3/c1-3-22-17-14(5-4-10-20-17)11-16(19(22)24)18(23)21-12-13-6-8-15(25-2)9-7-13/h4-11H,3,12H2,1-2H3,(H,21,23). The number of carbonyl (C=O) groups excluding carboxylic acids is 1. The summed E-state index contributed by atoms with van der Waals surface area (Å²) in [6.07, 6.45) is 1.64. The van der Waals surface area contributed by atoms with Gasteiger partial charge in [0.15, 0.2) is 0 Å². The molecule has 0 fully saturated rings. The normalized spacial score (nSPS) is 10.6. The summed E-state index contributed by atoms with van der Waals surface area (Å²) in [5.41, 5.74) is 1.30. The first kappa shape index (κ1) is 16.7. The second kappa shape index (κ2) is 7.17. The monoisotopic (exact) mass is 337 g/mol. The van der Waals surface area contributed by atoms with Crippen molar-refractivity contribution in [2.24, 2.45) is 0 Å². The molecule has 25 heavy (non-hydrogen) atoms. The Labute approximate surface area is 145 Å². The Morgan fingerprint density at radius 1 is 1.24 bits per heavy atom. The summed E-state index contributed by atoms with van der Waals surface area (Å²) in [4.78, 5) is 29.3. The van der Waals surface area contributed by atoms with Crippen LogP contribution in [0.1, 0.15) is 22.8 Å². The number of hydrogen-bond donors (Lipinski definition) is 1. The third kappa shape index (κ3) is 3.38. The molecule has 0 atom stereocenters. The van der Waals surface area contributed by atoms with Crippen molar-refractivity contribution in [3.05, 3.63) is 70.1 Å². The lowest BCUT2D eigenvalue weighted by Gasteiger charge is -2.10. The van der Waals surface area contributed by atoms with Gasteiger partial charge in [0.1, 0.15) is 17.0 Å². The van der Waals surface area contributed by atoms with E-state index in [0.717, 1.165) is 16.7 Å². The highest BCUT2D eigenvalue weighted by Gasteiger charge is 2.15. The molecule has 0 bridgehead atoms. The van der Waals surface area contributed by atoms with E-state index < -0.39 is 5.91 Å². The Balaban J connectivity index is 1.86. The molecule has 0 spiro atoms. The van der Waals surface area contributed by atoms with Gasteiger partial charge in [-0.2, -0.15) is 0 Å². The number of ether oxygens (including phenoxy) is 1. The summed E-state index contributed by atoms with van der Waals surface area (Å²) in [6, 6.07) is 12.6. The van der Waals surface area contributed by atoms with E-state index in [0.29, 0.717) is 18.7 Å². The fourth-order valence-electron chi connectivity index (χ4n) is 2.68. The van der Waals surface area contributed by atoms with Crippen molar-refractivity contribution in [2.75, 3.05) is 7.11 Å². The molecule has 0 unspecified atom stereocenters. The third-order valence-corrected chi connectivity index (χ3v) is 4.02. The van der Waals surface area contributed by atoms with Gasteiger partial charge in [0.05, 0.1) is 7.11 Å². The highest BCUT2D eigenvalue weighted by atomic mass is 16.5. The van der Waals surface area contributed by atoms with Gasteiger partial charge < -0.3 is 10.1 Å². The molecule has 2 aromatic heterocycles. The Hall–Kier alpha value is -3.15. The topological polar surface area (TPSA) is 73.2 Å². The fourth-order valence-corrected chi connectivity index (χ4v) is 2.68. The molecule has 3 aromatic rings. The SMILES string of the molecule is CCn1c(=O)c(C(=O)NCc2ccc(OC)cc2)cc2cccnc21. The number of nitrogens with one attached hydrogen (secondary N) is 1. The highest BCUT2D eigenvalue weighted by molar-refractivity contribution is 5.96.